The molecular weight excluding hydrogens is 266 g/mol. The van der Waals surface area contributed by atoms with Crippen LogP contribution < -0.4 is 16.6 Å². The van der Waals surface area contributed by atoms with Crippen molar-refractivity contribution >= 4 is 5.82 Å². The van der Waals surface area contributed by atoms with E-state index in [1.54, 1.807) is 0 Å². The number of aromatic nitrogens is 2. The average Bonchev–Trinajstić information content (AvgIpc) is 2.44. The summed E-state index contributed by atoms with van der Waals surface area (Å²) >= 11 is 0. The zero-order valence-corrected chi connectivity index (χ0v) is 12.6. The molecule has 0 aliphatic carbocycles. The summed E-state index contributed by atoms with van der Waals surface area (Å²) in [6.45, 7) is 5.67. The number of H-pyrrole nitrogens is 1. The van der Waals surface area contributed by atoms with Gasteiger partial charge in [-0.15, -0.1) is 0 Å². The maximum Gasteiger partial charge on any atom is 0.330 e. The molecule has 0 saturated carbocycles. The van der Waals surface area contributed by atoms with Gasteiger partial charge in [-0.05, 0) is 25.8 Å². The monoisotopic (exact) mass is 287 g/mol. The maximum absolute atomic E-state index is 12.0. The molecule has 0 spiro atoms. The van der Waals surface area contributed by atoms with E-state index in [2.05, 4.69) is 17.2 Å². The van der Waals surface area contributed by atoms with Crippen molar-refractivity contribution in [1.29, 1.82) is 0 Å². The van der Waals surface area contributed by atoms with E-state index >= 15 is 0 Å². The van der Waals surface area contributed by atoms with Crippen LogP contribution in [0.3, 0.4) is 0 Å². The van der Waals surface area contributed by atoms with Gasteiger partial charge in [0.15, 0.2) is 0 Å². The Morgan fingerprint density at radius 2 is 1.86 bits per heavy atom. The van der Waals surface area contributed by atoms with Crippen LogP contribution >= 0.6 is 0 Å². The van der Waals surface area contributed by atoms with E-state index in [9.17, 15) is 9.59 Å². The fourth-order valence-corrected chi connectivity index (χ4v) is 2.37. The number of rotatable bonds is 5. The summed E-state index contributed by atoms with van der Waals surface area (Å²) in [6, 6.07) is 11.3. The first-order valence-corrected chi connectivity index (χ1v) is 7.20. The standard InChI is InChI=1S/C16H21N3O2/c1-4-13(12-8-6-5-7-9-12)17-14-10-15(20)19(11(2)3)16(21)18-14/h5-11,13,17H,4H2,1-3H3,(H,18,21)/t13-/m0/s1. The lowest BCUT2D eigenvalue weighted by molar-refractivity contribution is 0.546. The molecule has 0 saturated heterocycles. The second kappa shape index (κ2) is 6.43. The largest absolute Gasteiger partial charge is 0.365 e. The van der Waals surface area contributed by atoms with Crippen molar-refractivity contribution in [1.82, 2.24) is 9.55 Å². The zero-order chi connectivity index (χ0) is 15.4. The van der Waals surface area contributed by atoms with Crippen LogP contribution in [0.5, 0.6) is 0 Å². The van der Waals surface area contributed by atoms with E-state index < -0.39 is 0 Å². The Bertz CT molecular complexity index is 670. The van der Waals surface area contributed by atoms with Gasteiger partial charge >= 0.3 is 5.69 Å². The van der Waals surface area contributed by atoms with Crippen LogP contribution in [0.25, 0.3) is 0 Å². The Hall–Kier alpha value is -2.30. The Morgan fingerprint density at radius 3 is 2.38 bits per heavy atom. The fourth-order valence-electron chi connectivity index (χ4n) is 2.37. The highest BCUT2D eigenvalue weighted by atomic mass is 16.2. The van der Waals surface area contributed by atoms with Crippen LogP contribution in [-0.2, 0) is 0 Å². The molecule has 5 heteroatoms. The number of nitrogens with one attached hydrogen (secondary N) is 2. The molecule has 0 amide bonds. The lowest BCUT2D eigenvalue weighted by Gasteiger charge is -2.19. The summed E-state index contributed by atoms with van der Waals surface area (Å²) in [4.78, 5) is 26.7. The molecule has 2 aromatic rings. The summed E-state index contributed by atoms with van der Waals surface area (Å²) < 4.78 is 1.20. The van der Waals surface area contributed by atoms with Gasteiger partial charge in [-0.25, -0.2) is 4.79 Å². The van der Waals surface area contributed by atoms with Crippen molar-refractivity contribution in [2.75, 3.05) is 5.32 Å². The molecule has 5 nitrogen and oxygen atoms in total. The van der Waals surface area contributed by atoms with Crippen molar-refractivity contribution in [2.24, 2.45) is 0 Å². The quantitative estimate of drug-likeness (QED) is 0.888. The summed E-state index contributed by atoms with van der Waals surface area (Å²) in [7, 11) is 0. The number of aromatic amines is 1. The molecule has 2 N–H and O–H groups in total. The van der Waals surface area contributed by atoms with Crippen molar-refractivity contribution in [3.63, 3.8) is 0 Å². The summed E-state index contributed by atoms with van der Waals surface area (Å²) in [5, 5.41) is 3.22. The number of hydrogen-bond donors (Lipinski definition) is 2. The molecule has 1 aromatic heterocycles. The highest BCUT2D eigenvalue weighted by molar-refractivity contribution is 5.37. The zero-order valence-electron chi connectivity index (χ0n) is 12.6. The molecule has 112 valence electrons. The molecule has 0 radical (unpaired) electrons. The lowest BCUT2D eigenvalue weighted by atomic mass is 10.0. The predicted molar refractivity (Wildman–Crippen MR) is 84.8 cm³/mol. The van der Waals surface area contributed by atoms with E-state index in [0.29, 0.717) is 5.82 Å². The molecule has 0 unspecified atom stereocenters. The Labute approximate surface area is 123 Å². The second-order valence-electron chi connectivity index (χ2n) is 5.31. The highest BCUT2D eigenvalue weighted by Crippen LogP contribution is 2.20. The van der Waals surface area contributed by atoms with Crippen LogP contribution in [0.15, 0.2) is 46.0 Å². The van der Waals surface area contributed by atoms with Gasteiger partial charge in [-0.1, -0.05) is 37.3 Å². The number of anilines is 1. The normalized spacial score (nSPS) is 12.4. The first-order valence-electron chi connectivity index (χ1n) is 7.20. The van der Waals surface area contributed by atoms with E-state index in [1.807, 2.05) is 44.2 Å². The van der Waals surface area contributed by atoms with Gasteiger partial charge in [0.2, 0.25) is 0 Å². The minimum atomic E-state index is -0.386. The van der Waals surface area contributed by atoms with Gasteiger partial charge in [0.1, 0.15) is 5.82 Å². The lowest BCUT2D eigenvalue weighted by Crippen LogP contribution is -2.36. The Balaban J connectivity index is 2.31. The smallest absolute Gasteiger partial charge is 0.330 e. The first kappa shape index (κ1) is 15.1. The minimum Gasteiger partial charge on any atom is -0.365 e. The average molecular weight is 287 g/mol. The van der Waals surface area contributed by atoms with Crippen molar-refractivity contribution < 1.29 is 0 Å². The number of nitrogens with zero attached hydrogens (tertiary/aromatic N) is 1. The fraction of sp³-hybridized carbons (Fsp3) is 0.375. The summed E-state index contributed by atoms with van der Waals surface area (Å²) in [5.41, 5.74) is 0.441. The molecule has 1 aromatic carbocycles. The van der Waals surface area contributed by atoms with Crippen LogP contribution in [0.2, 0.25) is 0 Å². The molecule has 0 aliphatic heterocycles. The molecule has 1 atom stereocenters. The highest BCUT2D eigenvalue weighted by Gasteiger charge is 2.12. The second-order valence-corrected chi connectivity index (χ2v) is 5.31. The Kier molecular flexibility index (Phi) is 4.62. The van der Waals surface area contributed by atoms with Crippen LogP contribution in [-0.4, -0.2) is 9.55 Å². The molecule has 0 fully saturated rings. The molecular formula is C16H21N3O2. The molecule has 0 aliphatic rings. The van der Waals surface area contributed by atoms with Gasteiger partial charge in [-0.3, -0.25) is 14.3 Å². The third kappa shape index (κ3) is 3.42. The van der Waals surface area contributed by atoms with Crippen LogP contribution in [0, 0.1) is 0 Å². The van der Waals surface area contributed by atoms with Crippen molar-refractivity contribution in [2.45, 2.75) is 39.3 Å². The van der Waals surface area contributed by atoms with Crippen LogP contribution in [0.1, 0.15) is 44.8 Å². The SMILES string of the molecule is CC[C@H](Nc1cc(=O)n(C(C)C)c(=O)[nH]1)c1ccccc1. The molecule has 2 rings (SSSR count). The Morgan fingerprint density at radius 1 is 1.19 bits per heavy atom. The van der Waals surface area contributed by atoms with E-state index in [1.165, 1.54) is 10.6 Å². The third-order valence-electron chi connectivity index (χ3n) is 3.42. The van der Waals surface area contributed by atoms with Crippen LogP contribution in [0.4, 0.5) is 5.82 Å². The van der Waals surface area contributed by atoms with E-state index in [0.717, 1.165) is 12.0 Å². The van der Waals surface area contributed by atoms with Crippen molar-refractivity contribution in [3.05, 3.63) is 62.8 Å². The molecule has 1 heterocycles. The van der Waals surface area contributed by atoms with E-state index in [4.69, 9.17) is 0 Å². The topological polar surface area (TPSA) is 66.9 Å². The maximum atomic E-state index is 12.0. The van der Waals surface area contributed by atoms with E-state index in [-0.39, 0.29) is 23.3 Å². The van der Waals surface area contributed by atoms with Gasteiger partial charge in [-0.2, -0.15) is 0 Å². The van der Waals surface area contributed by atoms with Gasteiger partial charge in [0.05, 0.1) is 6.04 Å². The van der Waals surface area contributed by atoms with Gasteiger partial charge in [0, 0.05) is 12.1 Å². The first-order chi connectivity index (χ1) is 10.0. The number of hydrogen-bond acceptors (Lipinski definition) is 3. The molecule has 0 bridgehead atoms. The third-order valence-corrected chi connectivity index (χ3v) is 3.42. The van der Waals surface area contributed by atoms with Crippen molar-refractivity contribution in [3.8, 4) is 0 Å². The summed E-state index contributed by atoms with van der Waals surface area (Å²) in [6.07, 6.45) is 0.847. The summed E-state index contributed by atoms with van der Waals surface area (Å²) in [5.74, 6) is 0.456. The predicted octanol–water partition coefficient (Wildman–Crippen LogP) is 2.68. The van der Waals surface area contributed by atoms with Gasteiger partial charge in [0.25, 0.3) is 5.56 Å². The number of benzene rings is 1. The van der Waals surface area contributed by atoms with Gasteiger partial charge < -0.3 is 5.32 Å². The molecule has 21 heavy (non-hydrogen) atoms. The minimum absolute atomic E-state index is 0.0520.